The zero-order chi connectivity index (χ0) is 13.7. The summed E-state index contributed by atoms with van der Waals surface area (Å²) in [5, 5.41) is 2.74. The Morgan fingerprint density at radius 2 is 2.05 bits per heavy atom. The van der Waals surface area contributed by atoms with Crippen LogP contribution >= 0.6 is 0 Å². The first-order valence-electron chi connectivity index (χ1n) is 6.27. The van der Waals surface area contributed by atoms with Gasteiger partial charge in [-0.15, -0.1) is 0 Å². The Morgan fingerprint density at radius 1 is 1.32 bits per heavy atom. The third kappa shape index (κ3) is 3.32. The number of esters is 1. The molecule has 19 heavy (non-hydrogen) atoms. The molecular weight excluding hydrogens is 246 g/mol. The number of carbonyl (C=O) groups excluding carboxylic acids is 2. The van der Waals surface area contributed by atoms with Gasteiger partial charge in [-0.2, -0.15) is 0 Å². The predicted octanol–water partition coefficient (Wildman–Crippen LogP) is 1.34. The van der Waals surface area contributed by atoms with Crippen molar-refractivity contribution in [1.29, 1.82) is 0 Å². The van der Waals surface area contributed by atoms with E-state index < -0.39 is 12.1 Å². The fraction of sp³-hybridized carbons (Fsp3) is 0.429. The quantitative estimate of drug-likeness (QED) is 0.836. The summed E-state index contributed by atoms with van der Waals surface area (Å²) >= 11 is 0. The van der Waals surface area contributed by atoms with Crippen LogP contribution in [0.1, 0.15) is 23.2 Å². The van der Waals surface area contributed by atoms with E-state index in [1.165, 1.54) is 7.11 Å². The molecular formula is C14H17NO4. The van der Waals surface area contributed by atoms with Crippen molar-refractivity contribution < 1.29 is 19.1 Å². The summed E-state index contributed by atoms with van der Waals surface area (Å²) in [6.07, 6.45) is 0.832. The van der Waals surface area contributed by atoms with Crippen LogP contribution in [0.15, 0.2) is 30.3 Å². The first kappa shape index (κ1) is 13.5. The lowest BCUT2D eigenvalue weighted by molar-refractivity contribution is -0.156. The van der Waals surface area contributed by atoms with Crippen LogP contribution in [0.3, 0.4) is 0 Å². The highest BCUT2D eigenvalue weighted by Gasteiger charge is 2.33. The summed E-state index contributed by atoms with van der Waals surface area (Å²) in [6, 6.07) is 8.84. The van der Waals surface area contributed by atoms with E-state index in [-0.39, 0.29) is 11.9 Å². The first-order valence-corrected chi connectivity index (χ1v) is 6.27. The van der Waals surface area contributed by atoms with Crippen molar-refractivity contribution in [1.82, 2.24) is 5.32 Å². The Labute approximate surface area is 111 Å². The van der Waals surface area contributed by atoms with Crippen molar-refractivity contribution in [2.75, 3.05) is 13.7 Å². The number of carbonyl (C=O) groups is 2. The molecule has 1 aliphatic rings. The Balaban J connectivity index is 2.03. The van der Waals surface area contributed by atoms with Crippen molar-refractivity contribution in [2.24, 2.45) is 5.92 Å². The second-order valence-corrected chi connectivity index (χ2v) is 4.40. The maximum atomic E-state index is 12.0. The highest BCUT2D eigenvalue weighted by atomic mass is 16.5. The van der Waals surface area contributed by atoms with Crippen LogP contribution in [0.5, 0.6) is 0 Å². The molecule has 102 valence electrons. The van der Waals surface area contributed by atoms with E-state index in [1.807, 2.05) is 6.07 Å². The van der Waals surface area contributed by atoms with Crippen LogP contribution < -0.4 is 5.32 Å². The zero-order valence-electron chi connectivity index (χ0n) is 10.8. The average Bonchev–Trinajstić information content (AvgIpc) is 2.48. The molecule has 1 saturated heterocycles. The minimum Gasteiger partial charge on any atom is -0.469 e. The van der Waals surface area contributed by atoms with Crippen LogP contribution in [0.2, 0.25) is 0 Å². The SMILES string of the molecule is COC(=O)C1CCCOC1NC(=O)c1ccccc1. The van der Waals surface area contributed by atoms with Gasteiger partial charge in [-0.05, 0) is 25.0 Å². The van der Waals surface area contributed by atoms with Gasteiger partial charge in [-0.1, -0.05) is 18.2 Å². The number of amides is 1. The van der Waals surface area contributed by atoms with Crippen molar-refractivity contribution in [3.63, 3.8) is 0 Å². The molecule has 5 nitrogen and oxygen atoms in total. The molecule has 1 N–H and O–H groups in total. The van der Waals surface area contributed by atoms with Crippen LogP contribution in [-0.4, -0.2) is 31.8 Å². The third-order valence-electron chi connectivity index (χ3n) is 3.14. The highest BCUT2D eigenvalue weighted by molar-refractivity contribution is 5.94. The molecule has 0 bridgehead atoms. The molecule has 1 amide bonds. The summed E-state index contributed by atoms with van der Waals surface area (Å²) in [7, 11) is 1.34. The Bertz CT molecular complexity index is 446. The van der Waals surface area contributed by atoms with Gasteiger partial charge in [0.15, 0.2) is 0 Å². The van der Waals surface area contributed by atoms with Crippen molar-refractivity contribution in [3.05, 3.63) is 35.9 Å². The maximum absolute atomic E-state index is 12.0. The lowest BCUT2D eigenvalue weighted by Crippen LogP contribution is -2.47. The first-order chi connectivity index (χ1) is 9.22. The topological polar surface area (TPSA) is 64.6 Å². The number of hydrogen-bond acceptors (Lipinski definition) is 4. The molecule has 0 radical (unpaired) electrons. The molecule has 2 atom stereocenters. The van der Waals surface area contributed by atoms with Gasteiger partial charge in [0, 0.05) is 12.2 Å². The number of nitrogens with one attached hydrogen (secondary N) is 1. The zero-order valence-corrected chi connectivity index (χ0v) is 10.8. The molecule has 1 aromatic carbocycles. The number of methoxy groups -OCH3 is 1. The van der Waals surface area contributed by atoms with E-state index in [2.05, 4.69) is 5.32 Å². The Kier molecular flexibility index (Phi) is 4.52. The number of ether oxygens (including phenoxy) is 2. The van der Waals surface area contributed by atoms with Crippen molar-refractivity contribution in [2.45, 2.75) is 19.1 Å². The van der Waals surface area contributed by atoms with E-state index in [0.717, 1.165) is 6.42 Å². The average molecular weight is 263 g/mol. The fourth-order valence-corrected chi connectivity index (χ4v) is 2.12. The number of benzene rings is 1. The number of hydrogen-bond donors (Lipinski definition) is 1. The molecule has 0 spiro atoms. The van der Waals surface area contributed by atoms with Crippen LogP contribution in [0, 0.1) is 5.92 Å². The highest BCUT2D eigenvalue weighted by Crippen LogP contribution is 2.20. The van der Waals surface area contributed by atoms with E-state index >= 15 is 0 Å². The molecule has 1 heterocycles. The fourth-order valence-electron chi connectivity index (χ4n) is 2.12. The van der Waals surface area contributed by atoms with Gasteiger partial charge in [0.25, 0.3) is 5.91 Å². The Hall–Kier alpha value is -1.88. The third-order valence-corrected chi connectivity index (χ3v) is 3.14. The summed E-state index contributed by atoms with van der Waals surface area (Å²) in [6.45, 7) is 0.535. The predicted molar refractivity (Wildman–Crippen MR) is 68.4 cm³/mol. The van der Waals surface area contributed by atoms with Gasteiger partial charge in [0.2, 0.25) is 0 Å². The van der Waals surface area contributed by atoms with Crippen LogP contribution in [-0.2, 0) is 14.3 Å². The molecule has 1 aliphatic heterocycles. The molecule has 0 saturated carbocycles. The van der Waals surface area contributed by atoms with Gasteiger partial charge in [0.05, 0.1) is 7.11 Å². The maximum Gasteiger partial charge on any atom is 0.313 e. The lowest BCUT2D eigenvalue weighted by atomic mass is 9.99. The molecule has 0 aliphatic carbocycles. The number of rotatable bonds is 3. The van der Waals surface area contributed by atoms with Crippen molar-refractivity contribution >= 4 is 11.9 Å². The summed E-state index contributed by atoms with van der Waals surface area (Å²) < 4.78 is 10.2. The van der Waals surface area contributed by atoms with E-state index in [4.69, 9.17) is 9.47 Å². The molecule has 0 aromatic heterocycles. The van der Waals surface area contributed by atoms with E-state index in [1.54, 1.807) is 24.3 Å². The largest absolute Gasteiger partial charge is 0.469 e. The second kappa shape index (κ2) is 6.33. The summed E-state index contributed by atoms with van der Waals surface area (Å²) in [5.41, 5.74) is 0.542. The minimum absolute atomic E-state index is 0.249. The molecule has 1 aromatic rings. The van der Waals surface area contributed by atoms with Gasteiger partial charge in [0.1, 0.15) is 12.1 Å². The monoisotopic (exact) mass is 263 g/mol. The minimum atomic E-state index is -0.617. The van der Waals surface area contributed by atoms with Gasteiger partial charge < -0.3 is 14.8 Å². The molecule has 1 fully saturated rings. The van der Waals surface area contributed by atoms with Gasteiger partial charge in [-0.3, -0.25) is 9.59 Å². The normalized spacial score (nSPS) is 22.6. The van der Waals surface area contributed by atoms with Crippen molar-refractivity contribution in [3.8, 4) is 0 Å². The smallest absolute Gasteiger partial charge is 0.313 e. The molecule has 2 rings (SSSR count). The lowest BCUT2D eigenvalue weighted by Gasteiger charge is -2.30. The molecule has 5 heteroatoms. The van der Waals surface area contributed by atoms with E-state index in [0.29, 0.717) is 18.6 Å². The summed E-state index contributed by atoms with van der Waals surface area (Å²) in [4.78, 5) is 23.7. The van der Waals surface area contributed by atoms with Gasteiger partial charge in [-0.25, -0.2) is 0 Å². The van der Waals surface area contributed by atoms with Gasteiger partial charge >= 0.3 is 5.97 Å². The van der Waals surface area contributed by atoms with E-state index in [9.17, 15) is 9.59 Å². The van der Waals surface area contributed by atoms with Crippen LogP contribution in [0.4, 0.5) is 0 Å². The molecule has 2 unspecified atom stereocenters. The summed E-state index contributed by atoms with van der Waals surface area (Å²) in [5.74, 6) is -1.04. The second-order valence-electron chi connectivity index (χ2n) is 4.40. The van der Waals surface area contributed by atoms with Crippen LogP contribution in [0.25, 0.3) is 0 Å². The Morgan fingerprint density at radius 3 is 2.74 bits per heavy atom. The standard InChI is InChI=1S/C14H17NO4/c1-18-14(17)11-8-5-9-19-13(11)15-12(16)10-6-3-2-4-7-10/h2-4,6-7,11,13H,5,8-9H2,1H3,(H,15,16).